The van der Waals surface area contributed by atoms with E-state index in [9.17, 15) is 0 Å². The smallest absolute Gasteiger partial charge is 0.0289 e. The van der Waals surface area contributed by atoms with Gasteiger partial charge in [-0.1, -0.05) is 25.1 Å². The highest BCUT2D eigenvalue weighted by atomic mass is 32.2. The molecule has 0 saturated carbocycles. The summed E-state index contributed by atoms with van der Waals surface area (Å²) in [5.41, 5.74) is 1.51. The molecule has 1 N–H and O–H groups in total. The summed E-state index contributed by atoms with van der Waals surface area (Å²) in [5.74, 6) is 2.74. The normalized spacial score (nSPS) is 19.2. The summed E-state index contributed by atoms with van der Waals surface area (Å²) in [6.07, 6.45) is 9.73. The Morgan fingerprint density at radius 1 is 1.50 bits per heavy atom. The van der Waals surface area contributed by atoms with E-state index in [-0.39, 0.29) is 0 Å². The summed E-state index contributed by atoms with van der Waals surface area (Å²) < 4.78 is 0. The third-order valence-corrected chi connectivity index (χ3v) is 4.87. The SMILES string of the molecule is C#CCCCC(NCC)C1Cc2ccccc2S1. The summed E-state index contributed by atoms with van der Waals surface area (Å²) in [6, 6.07) is 9.36. The second-order valence-corrected chi connectivity index (χ2v) is 6.01. The third kappa shape index (κ3) is 3.31. The second-order valence-electron chi connectivity index (χ2n) is 4.73. The molecular weight excluding hydrogens is 238 g/mol. The van der Waals surface area contributed by atoms with E-state index < -0.39 is 0 Å². The van der Waals surface area contributed by atoms with Gasteiger partial charge >= 0.3 is 0 Å². The largest absolute Gasteiger partial charge is 0.313 e. The lowest BCUT2D eigenvalue weighted by molar-refractivity contribution is 0.467. The van der Waals surface area contributed by atoms with Crippen LogP contribution in [0.3, 0.4) is 0 Å². The molecule has 2 heteroatoms. The molecule has 0 aliphatic carbocycles. The zero-order valence-corrected chi connectivity index (χ0v) is 11.8. The Balaban J connectivity index is 1.95. The zero-order chi connectivity index (χ0) is 12.8. The summed E-state index contributed by atoms with van der Waals surface area (Å²) in [7, 11) is 0. The molecule has 1 aromatic carbocycles. The van der Waals surface area contributed by atoms with Crippen LogP contribution in [0.15, 0.2) is 29.2 Å². The van der Waals surface area contributed by atoms with E-state index in [0.29, 0.717) is 11.3 Å². The minimum absolute atomic E-state index is 0.584. The molecule has 2 unspecified atom stereocenters. The van der Waals surface area contributed by atoms with Crippen LogP contribution >= 0.6 is 11.8 Å². The standard InChI is InChI=1S/C16H21NS/c1-3-5-6-10-14(17-4-2)16-12-13-9-7-8-11-15(13)18-16/h1,7-9,11,14,16-17H,4-6,10,12H2,2H3. The Labute approximate surface area is 115 Å². The van der Waals surface area contributed by atoms with Gasteiger partial charge in [-0.2, -0.15) is 0 Å². The van der Waals surface area contributed by atoms with Crippen molar-refractivity contribution in [1.82, 2.24) is 5.32 Å². The predicted octanol–water partition coefficient (Wildman–Crippen LogP) is 3.49. The molecule has 0 aromatic heterocycles. The van der Waals surface area contributed by atoms with Gasteiger partial charge in [0.25, 0.3) is 0 Å². The van der Waals surface area contributed by atoms with Crippen LogP contribution in [0.2, 0.25) is 0 Å². The Hall–Kier alpha value is -0.910. The van der Waals surface area contributed by atoms with Crippen LogP contribution in [0.1, 0.15) is 31.7 Å². The van der Waals surface area contributed by atoms with Crippen LogP contribution < -0.4 is 5.32 Å². The third-order valence-electron chi connectivity index (χ3n) is 3.42. The van der Waals surface area contributed by atoms with Crippen LogP contribution in [-0.2, 0) is 6.42 Å². The molecule has 18 heavy (non-hydrogen) atoms. The van der Waals surface area contributed by atoms with Crippen molar-refractivity contribution in [2.45, 2.75) is 48.8 Å². The number of unbranched alkanes of at least 4 members (excludes halogenated alkanes) is 1. The fourth-order valence-electron chi connectivity index (χ4n) is 2.54. The Kier molecular flexibility index (Phi) is 5.16. The fraction of sp³-hybridized carbons (Fsp3) is 0.500. The van der Waals surface area contributed by atoms with Crippen molar-refractivity contribution < 1.29 is 0 Å². The molecule has 1 aliphatic heterocycles. The molecule has 1 heterocycles. The minimum atomic E-state index is 0.584. The zero-order valence-electron chi connectivity index (χ0n) is 11.0. The van der Waals surface area contributed by atoms with Gasteiger partial charge in [0.15, 0.2) is 0 Å². The van der Waals surface area contributed by atoms with Gasteiger partial charge in [-0.3, -0.25) is 0 Å². The first kappa shape index (κ1) is 13.5. The molecule has 0 fully saturated rings. The van der Waals surface area contributed by atoms with E-state index >= 15 is 0 Å². The van der Waals surface area contributed by atoms with Crippen LogP contribution in [0.5, 0.6) is 0 Å². The highest BCUT2D eigenvalue weighted by Gasteiger charge is 2.28. The molecule has 0 bridgehead atoms. The molecule has 0 radical (unpaired) electrons. The first-order valence-corrected chi connectivity index (χ1v) is 7.64. The van der Waals surface area contributed by atoms with Crippen LogP contribution in [-0.4, -0.2) is 17.8 Å². The second kappa shape index (κ2) is 6.87. The maximum atomic E-state index is 5.34. The fourth-order valence-corrected chi connectivity index (χ4v) is 3.98. The number of hydrogen-bond acceptors (Lipinski definition) is 2. The quantitative estimate of drug-likeness (QED) is 0.620. The minimum Gasteiger partial charge on any atom is -0.313 e. The molecule has 1 aromatic rings. The lowest BCUT2D eigenvalue weighted by Crippen LogP contribution is -2.37. The first-order valence-electron chi connectivity index (χ1n) is 6.76. The molecule has 0 saturated heterocycles. The maximum absolute atomic E-state index is 5.34. The van der Waals surface area contributed by atoms with E-state index in [1.165, 1.54) is 23.3 Å². The van der Waals surface area contributed by atoms with Crippen molar-refractivity contribution in [3.05, 3.63) is 29.8 Å². The van der Waals surface area contributed by atoms with Gasteiger partial charge in [-0.25, -0.2) is 0 Å². The summed E-state index contributed by atoms with van der Waals surface area (Å²) in [4.78, 5) is 1.46. The van der Waals surface area contributed by atoms with Crippen molar-refractivity contribution in [3.8, 4) is 12.3 Å². The number of benzene rings is 1. The van der Waals surface area contributed by atoms with Crippen molar-refractivity contribution in [3.63, 3.8) is 0 Å². The van der Waals surface area contributed by atoms with Crippen molar-refractivity contribution in [1.29, 1.82) is 0 Å². The van der Waals surface area contributed by atoms with Gasteiger partial charge < -0.3 is 5.32 Å². The highest BCUT2D eigenvalue weighted by Crippen LogP contribution is 2.39. The molecule has 0 spiro atoms. The van der Waals surface area contributed by atoms with Gasteiger partial charge in [0.1, 0.15) is 0 Å². The van der Waals surface area contributed by atoms with Crippen molar-refractivity contribution >= 4 is 11.8 Å². The molecule has 0 amide bonds. The first-order chi connectivity index (χ1) is 8.85. The highest BCUT2D eigenvalue weighted by molar-refractivity contribution is 8.00. The van der Waals surface area contributed by atoms with Gasteiger partial charge in [-0.05, 0) is 37.4 Å². The molecule has 1 nitrogen and oxygen atoms in total. The predicted molar refractivity (Wildman–Crippen MR) is 79.9 cm³/mol. The molecule has 2 atom stereocenters. The monoisotopic (exact) mass is 259 g/mol. The van der Waals surface area contributed by atoms with Gasteiger partial charge in [0, 0.05) is 22.6 Å². The Morgan fingerprint density at radius 2 is 2.33 bits per heavy atom. The van der Waals surface area contributed by atoms with Crippen LogP contribution in [0.4, 0.5) is 0 Å². The molecular formula is C16H21NS. The number of hydrogen-bond donors (Lipinski definition) is 1. The number of terminal acetylenes is 1. The van der Waals surface area contributed by atoms with E-state index in [1.807, 2.05) is 11.8 Å². The average Bonchev–Trinajstić information content (AvgIpc) is 2.81. The van der Waals surface area contributed by atoms with E-state index in [0.717, 1.165) is 19.4 Å². The number of nitrogens with one attached hydrogen (secondary N) is 1. The summed E-state index contributed by atoms with van der Waals surface area (Å²) in [5, 5.41) is 4.30. The molecule has 2 rings (SSSR count). The van der Waals surface area contributed by atoms with Crippen LogP contribution in [0.25, 0.3) is 0 Å². The number of thioether (sulfide) groups is 1. The Bertz CT molecular complexity index is 396. The molecule has 1 aliphatic rings. The van der Waals surface area contributed by atoms with Crippen LogP contribution in [0, 0.1) is 12.3 Å². The van der Waals surface area contributed by atoms with E-state index in [4.69, 9.17) is 6.42 Å². The number of rotatable bonds is 6. The van der Waals surface area contributed by atoms with Gasteiger partial charge in [0.05, 0.1) is 0 Å². The Morgan fingerprint density at radius 3 is 3.06 bits per heavy atom. The van der Waals surface area contributed by atoms with Crippen molar-refractivity contribution in [2.24, 2.45) is 0 Å². The van der Waals surface area contributed by atoms with Gasteiger partial charge in [0.2, 0.25) is 0 Å². The maximum Gasteiger partial charge on any atom is 0.0289 e. The lowest BCUT2D eigenvalue weighted by atomic mass is 10.0. The van der Waals surface area contributed by atoms with E-state index in [1.54, 1.807) is 0 Å². The van der Waals surface area contributed by atoms with Gasteiger partial charge in [-0.15, -0.1) is 24.1 Å². The number of fused-ring (bicyclic) bond motifs is 1. The summed E-state index contributed by atoms with van der Waals surface area (Å²) >= 11 is 2.03. The van der Waals surface area contributed by atoms with E-state index in [2.05, 4.69) is 42.4 Å². The summed E-state index contributed by atoms with van der Waals surface area (Å²) in [6.45, 7) is 3.22. The lowest BCUT2D eigenvalue weighted by Gasteiger charge is -2.23. The molecule has 96 valence electrons. The van der Waals surface area contributed by atoms with Crippen molar-refractivity contribution in [2.75, 3.05) is 6.54 Å². The topological polar surface area (TPSA) is 12.0 Å². The average molecular weight is 259 g/mol.